The molecule has 0 saturated carbocycles. The molecule has 1 aromatic rings. The molecule has 0 bridgehead atoms. The van der Waals surface area contributed by atoms with Crippen LogP contribution in [0.5, 0.6) is 0 Å². The molecule has 1 aromatic carbocycles. The number of nitrogens with one attached hydrogen (secondary N) is 1. The summed E-state index contributed by atoms with van der Waals surface area (Å²) in [6.07, 6.45) is -0.445. The largest absolute Gasteiger partial charge is 0.444 e. The van der Waals surface area contributed by atoms with Crippen molar-refractivity contribution in [1.82, 2.24) is 0 Å². The number of amides is 1. The Hall–Kier alpha value is -1.55. The molecule has 1 rings (SSSR count). The molecular weight excluding hydrogens is 228 g/mol. The molecule has 4 nitrogen and oxygen atoms in total. The lowest BCUT2D eigenvalue weighted by molar-refractivity contribution is 0.0636. The summed E-state index contributed by atoms with van der Waals surface area (Å²) in [5.74, 6) is 0.191. The number of carbonyl (C=O) groups is 1. The molecule has 0 saturated heterocycles. The van der Waals surface area contributed by atoms with E-state index in [0.717, 1.165) is 11.3 Å². The molecule has 0 radical (unpaired) electrons. The molecule has 4 heteroatoms. The van der Waals surface area contributed by atoms with Crippen LogP contribution in [0.3, 0.4) is 0 Å². The fourth-order valence-electron chi connectivity index (χ4n) is 1.58. The van der Waals surface area contributed by atoms with Crippen molar-refractivity contribution in [2.45, 2.75) is 39.2 Å². The number of carbonyl (C=O) groups excluding carboxylic acids is 1. The van der Waals surface area contributed by atoms with Gasteiger partial charge < -0.3 is 10.5 Å². The maximum absolute atomic E-state index is 11.7. The smallest absolute Gasteiger partial charge is 0.412 e. The Morgan fingerprint density at radius 3 is 2.56 bits per heavy atom. The van der Waals surface area contributed by atoms with Gasteiger partial charge in [0.25, 0.3) is 0 Å². The van der Waals surface area contributed by atoms with Gasteiger partial charge in [0, 0.05) is 5.69 Å². The molecule has 3 N–H and O–H groups in total. The van der Waals surface area contributed by atoms with Crippen LogP contribution in [0.4, 0.5) is 10.5 Å². The topological polar surface area (TPSA) is 64.3 Å². The number of rotatable bonds is 3. The van der Waals surface area contributed by atoms with Crippen molar-refractivity contribution in [2.75, 3.05) is 11.9 Å². The van der Waals surface area contributed by atoms with Gasteiger partial charge in [-0.2, -0.15) is 0 Å². The van der Waals surface area contributed by atoms with Crippen molar-refractivity contribution in [2.24, 2.45) is 5.73 Å². The Kier molecular flexibility index (Phi) is 4.73. The molecule has 1 amide bonds. The van der Waals surface area contributed by atoms with E-state index in [1.165, 1.54) is 0 Å². The Morgan fingerprint density at radius 1 is 1.39 bits per heavy atom. The zero-order chi connectivity index (χ0) is 13.8. The van der Waals surface area contributed by atoms with Crippen LogP contribution >= 0.6 is 0 Å². The van der Waals surface area contributed by atoms with Gasteiger partial charge in [-0.05, 0) is 44.9 Å². The Bertz CT molecular complexity index is 411. The Balaban J connectivity index is 2.81. The van der Waals surface area contributed by atoms with Gasteiger partial charge in [0.2, 0.25) is 0 Å². The van der Waals surface area contributed by atoms with Crippen LogP contribution < -0.4 is 11.1 Å². The van der Waals surface area contributed by atoms with Gasteiger partial charge in [0.1, 0.15) is 5.60 Å². The van der Waals surface area contributed by atoms with Crippen LogP contribution in [0.15, 0.2) is 24.3 Å². The molecule has 1 atom stereocenters. The first-order valence-electron chi connectivity index (χ1n) is 6.12. The van der Waals surface area contributed by atoms with Crippen molar-refractivity contribution < 1.29 is 9.53 Å². The van der Waals surface area contributed by atoms with Gasteiger partial charge >= 0.3 is 6.09 Å². The number of ether oxygens (including phenoxy) is 1. The van der Waals surface area contributed by atoms with Gasteiger partial charge in [-0.1, -0.05) is 25.1 Å². The second-order valence-electron chi connectivity index (χ2n) is 5.35. The summed E-state index contributed by atoms with van der Waals surface area (Å²) in [7, 11) is 0. The molecular formula is C14H22N2O2. The van der Waals surface area contributed by atoms with Crippen LogP contribution in [0.25, 0.3) is 0 Å². The first-order valence-corrected chi connectivity index (χ1v) is 6.12. The lowest BCUT2D eigenvalue weighted by Crippen LogP contribution is -2.27. The average molecular weight is 250 g/mol. The van der Waals surface area contributed by atoms with Crippen molar-refractivity contribution in [3.8, 4) is 0 Å². The summed E-state index contributed by atoms with van der Waals surface area (Å²) in [4.78, 5) is 11.7. The highest BCUT2D eigenvalue weighted by molar-refractivity contribution is 5.86. The van der Waals surface area contributed by atoms with Crippen LogP contribution in [0.1, 0.15) is 39.2 Å². The summed E-state index contributed by atoms with van der Waals surface area (Å²) >= 11 is 0. The molecule has 0 aromatic heterocycles. The van der Waals surface area contributed by atoms with E-state index in [0.29, 0.717) is 6.54 Å². The van der Waals surface area contributed by atoms with Crippen molar-refractivity contribution in [1.29, 1.82) is 0 Å². The number of hydrogen-bond donors (Lipinski definition) is 2. The normalized spacial score (nSPS) is 12.9. The van der Waals surface area contributed by atoms with E-state index >= 15 is 0 Å². The van der Waals surface area contributed by atoms with E-state index in [2.05, 4.69) is 5.32 Å². The molecule has 0 fully saturated rings. The van der Waals surface area contributed by atoms with Crippen LogP contribution in [0.2, 0.25) is 0 Å². The summed E-state index contributed by atoms with van der Waals surface area (Å²) in [6.45, 7) is 8.06. The number of nitrogens with two attached hydrogens (primary N) is 1. The van der Waals surface area contributed by atoms with Crippen LogP contribution in [0, 0.1) is 0 Å². The van der Waals surface area contributed by atoms with Gasteiger partial charge in [-0.3, -0.25) is 5.32 Å². The van der Waals surface area contributed by atoms with Gasteiger partial charge in [-0.25, -0.2) is 4.79 Å². The SMILES string of the molecule is CC(CN)c1ccccc1NC(=O)OC(C)(C)C. The first kappa shape index (κ1) is 14.5. The molecule has 0 aliphatic heterocycles. The third-order valence-corrected chi connectivity index (χ3v) is 2.48. The standard InChI is InChI=1S/C14H22N2O2/c1-10(9-15)11-7-5-6-8-12(11)16-13(17)18-14(2,3)4/h5-8,10H,9,15H2,1-4H3,(H,16,17). The number of benzene rings is 1. The van der Waals surface area contributed by atoms with Gasteiger partial charge in [-0.15, -0.1) is 0 Å². The fraction of sp³-hybridized carbons (Fsp3) is 0.500. The van der Waals surface area contributed by atoms with Crippen molar-refractivity contribution in [3.05, 3.63) is 29.8 Å². The van der Waals surface area contributed by atoms with E-state index < -0.39 is 11.7 Å². The Labute approximate surface area is 109 Å². The summed E-state index contributed by atoms with van der Waals surface area (Å²) in [5.41, 5.74) is 6.93. The van der Waals surface area contributed by atoms with Gasteiger partial charge in [0.15, 0.2) is 0 Å². The maximum atomic E-state index is 11.7. The average Bonchev–Trinajstić information content (AvgIpc) is 2.26. The lowest BCUT2D eigenvalue weighted by atomic mass is 9.99. The zero-order valence-corrected chi connectivity index (χ0v) is 11.5. The van der Waals surface area contributed by atoms with Crippen LogP contribution in [-0.2, 0) is 4.74 Å². The van der Waals surface area contributed by atoms with Gasteiger partial charge in [0.05, 0.1) is 0 Å². The van der Waals surface area contributed by atoms with E-state index in [9.17, 15) is 4.79 Å². The van der Waals surface area contributed by atoms with Crippen LogP contribution in [-0.4, -0.2) is 18.2 Å². The highest BCUT2D eigenvalue weighted by atomic mass is 16.6. The molecule has 1 unspecified atom stereocenters. The minimum atomic E-state index is -0.501. The number of anilines is 1. The quantitative estimate of drug-likeness (QED) is 0.866. The summed E-state index contributed by atoms with van der Waals surface area (Å²) in [5, 5.41) is 2.77. The monoisotopic (exact) mass is 250 g/mol. The molecule has 0 aliphatic rings. The molecule has 18 heavy (non-hydrogen) atoms. The van der Waals surface area contributed by atoms with E-state index in [-0.39, 0.29) is 5.92 Å². The minimum Gasteiger partial charge on any atom is -0.444 e. The number of hydrogen-bond acceptors (Lipinski definition) is 3. The van der Waals surface area contributed by atoms with E-state index in [1.807, 2.05) is 52.0 Å². The summed E-state index contributed by atoms with van der Waals surface area (Å²) in [6, 6.07) is 7.62. The second kappa shape index (κ2) is 5.87. The third-order valence-electron chi connectivity index (χ3n) is 2.48. The first-order chi connectivity index (χ1) is 8.33. The van der Waals surface area contributed by atoms with Crippen molar-refractivity contribution in [3.63, 3.8) is 0 Å². The van der Waals surface area contributed by atoms with E-state index in [4.69, 9.17) is 10.5 Å². The molecule has 0 spiro atoms. The zero-order valence-electron chi connectivity index (χ0n) is 11.5. The maximum Gasteiger partial charge on any atom is 0.412 e. The molecule has 100 valence electrons. The fourth-order valence-corrected chi connectivity index (χ4v) is 1.58. The predicted molar refractivity (Wildman–Crippen MR) is 73.8 cm³/mol. The third kappa shape index (κ3) is 4.37. The van der Waals surface area contributed by atoms with Crippen molar-refractivity contribution >= 4 is 11.8 Å². The highest BCUT2D eigenvalue weighted by Gasteiger charge is 2.17. The molecule has 0 heterocycles. The molecule has 0 aliphatic carbocycles. The highest BCUT2D eigenvalue weighted by Crippen LogP contribution is 2.24. The Morgan fingerprint density at radius 2 is 2.00 bits per heavy atom. The van der Waals surface area contributed by atoms with E-state index in [1.54, 1.807) is 0 Å². The lowest BCUT2D eigenvalue weighted by Gasteiger charge is -2.21. The minimum absolute atomic E-state index is 0.191. The second-order valence-corrected chi connectivity index (χ2v) is 5.35. The predicted octanol–water partition coefficient (Wildman–Crippen LogP) is 3.10. The number of para-hydroxylation sites is 1. The summed E-state index contributed by atoms with van der Waals surface area (Å²) < 4.78 is 5.23.